The van der Waals surface area contributed by atoms with Gasteiger partial charge in [-0.1, -0.05) is 83.1 Å². The molecule has 0 amide bonds. The third-order valence-electron chi connectivity index (χ3n) is 11.9. The van der Waals surface area contributed by atoms with Crippen LogP contribution in [0.3, 0.4) is 0 Å². The molecular weight excluding hydrogens is 628 g/mol. The monoisotopic (exact) mass is 723 g/mol. The Kier molecular flexibility index (Phi) is 28.4. The summed E-state index contributed by atoms with van der Waals surface area (Å²) < 4.78 is 0. The molecule has 0 heterocycles. The van der Waals surface area contributed by atoms with Gasteiger partial charge in [0, 0.05) is 41.9 Å². The molecule has 0 rings (SSSR count). The van der Waals surface area contributed by atoms with Gasteiger partial charge in [-0.05, 0) is 77.0 Å². The molecule has 2 atom stereocenters. The zero-order valence-corrected chi connectivity index (χ0v) is 38.3. The van der Waals surface area contributed by atoms with Crippen molar-refractivity contribution in [3.05, 3.63) is 0 Å². The van der Waals surface area contributed by atoms with Crippen LogP contribution in [0.2, 0.25) is 0 Å². The van der Waals surface area contributed by atoms with Crippen LogP contribution in [0, 0.1) is 0 Å². The van der Waals surface area contributed by atoms with Crippen LogP contribution in [0.1, 0.15) is 173 Å². The van der Waals surface area contributed by atoms with Crippen molar-refractivity contribution in [2.24, 2.45) is 0 Å². The predicted octanol–water partition coefficient (Wildman–Crippen LogP) is 15.5. The molecular formula is C42H94P4+4. The summed E-state index contributed by atoms with van der Waals surface area (Å²) in [6, 6.07) is 0. The SMILES string of the molecule is CCC[P+](CCC)(CCC)CCC(C(CC[P+](CCC)(CCC)CCC)[P+](CCC)(CCC)CCC)[P+](CCC)(CCC)CCC. The van der Waals surface area contributed by atoms with Gasteiger partial charge in [0.25, 0.3) is 0 Å². The molecule has 0 aromatic carbocycles. The second-order valence-electron chi connectivity index (χ2n) is 16.0. The van der Waals surface area contributed by atoms with E-state index in [9.17, 15) is 0 Å². The Bertz CT molecular complexity index is 565. The van der Waals surface area contributed by atoms with E-state index in [0.717, 1.165) is 11.3 Å². The van der Waals surface area contributed by atoms with Gasteiger partial charge < -0.3 is 0 Å². The lowest BCUT2D eigenvalue weighted by molar-refractivity contribution is 0.686. The molecule has 0 fully saturated rings. The van der Waals surface area contributed by atoms with Crippen LogP contribution < -0.4 is 0 Å². The second-order valence-corrected chi connectivity index (χ2v) is 33.8. The van der Waals surface area contributed by atoms with Crippen molar-refractivity contribution < 1.29 is 0 Å². The molecule has 0 saturated heterocycles. The zero-order chi connectivity index (χ0) is 35.0. The van der Waals surface area contributed by atoms with Gasteiger partial charge in [-0.25, -0.2) is 0 Å². The highest BCUT2D eigenvalue weighted by Gasteiger charge is 2.58. The van der Waals surface area contributed by atoms with Crippen molar-refractivity contribution in [3.8, 4) is 0 Å². The van der Waals surface area contributed by atoms with Crippen molar-refractivity contribution in [2.45, 2.75) is 184 Å². The molecule has 0 nitrogen and oxygen atoms in total. The van der Waals surface area contributed by atoms with Gasteiger partial charge in [-0.15, -0.1) is 0 Å². The van der Waals surface area contributed by atoms with Crippen LogP contribution in [0.5, 0.6) is 0 Å². The van der Waals surface area contributed by atoms with E-state index in [4.69, 9.17) is 0 Å². The summed E-state index contributed by atoms with van der Waals surface area (Å²) in [6.07, 6.45) is 43.0. The Hall–Kier alpha value is 1.72. The van der Waals surface area contributed by atoms with Crippen LogP contribution >= 0.6 is 29.0 Å². The number of hydrogen-bond donors (Lipinski definition) is 0. The van der Waals surface area contributed by atoms with Gasteiger partial charge in [0.1, 0.15) is 11.3 Å². The van der Waals surface area contributed by atoms with Gasteiger partial charge in [0.05, 0.1) is 86.3 Å². The van der Waals surface area contributed by atoms with E-state index >= 15 is 0 Å². The first-order valence-corrected chi connectivity index (χ1v) is 31.5. The Labute approximate surface area is 298 Å². The van der Waals surface area contributed by atoms with E-state index in [2.05, 4.69) is 83.1 Å². The zero-order valence-electron chi connectivity index (χ0n) is 34.7. The highest BCUT2D eigenvalue weighted by Crippen LogP contribution is 2.77. The molecule has 0 spiro atoms. The van der Waals surface area contributed by atoms with Crippen molar-refractivity contribution >= 4 is 29.0 Å². The Balaban J connectivity index is 7.66. The molecule has 278 valence electrons. The van der Waals surface area contributed by atoms with Crippen molar-refractivity contribution in [3.63, 3.8) is 0 Å². The third-order valence-corrected chi connectivity index (χ3v) is 35.0. The lowest BCUT2D eigenvalue weighted by atomic mass is 10.2. The molecule has 46 heavy (non-hydrogen) atoms. The van der Waals surface area contributed by atoms with E-state index in [1.807, 2.05) is 0 Å². The minimum absolute atomic E-state index is 0.861. The molecule has 0 aliphatic rings. The lowest BCUT2D eigenvalue weighted by Gasteiger charge is -2.45. The molecule has 0 aliphatic carbocycles. The topological polar surface area (TPSA) is 0 Å². The molecule has 2 unspecified atom stereocenters. The number of hydrogen-bond acceptors (Lipinski definition) is 0. The molecule has 0 saturated carbocycles. The summed E-state index contributed by atoms with van der Waals surface area (Å²) in [7, 11) is -3.81. The summed E-state index contributed by atoms with van der Waals surface area (Å²) in [6.45, 7) is 30.5. The first kappa shape index (κ1) is 47.7. The van der Waals surface area contributed by atoms with Gasteiger partial charge in [-0.2, -0.15) is 0 Å². The van der Waals surface area contributed by atoms with E-state index in [-0.39, 0.29) is 0 Å². The Morgan fingerprint density at radius 2 is 0.413 bits per heavy atom. The van der Waals surface area contributed by atoms with E-state index in [1.54, 1.807) is 99.1 Å². The van der Waals surface area contributed by atoms with Gasteiger partial charge in [0.15, 0.2) is 0 Å². The van der Waals surface area contributed by atoms with Gasteiger partial charge in [0.2, 0.25) is 0 Å². The average Bonchev–Trinajstić information content (AvgIpc) is 3.00. The smallest absolute Gasteiger partial charge is 0.0619 e. The van der Waals surface area contributed by atoms with Gasteiger partial charge in [-0.3, -0.25) is 0 Å². The van der Waals surface area contributed by atoms with E-state index in [1.165, 1.54) is 77.0 Å². The highest BCUT2D eigenvalue weighted by atomic mass is 31.2. The maximum atomic E-state index is 2.57. The Morgan fingerprint density at radius 3 is 0.565 bits per heavy atom. The molecule has 0 N–H and O–H groups in total. The summed E-state index contributed by atoms with van der Waals surface area (Å²) in [4.78, 5) is 0. The fourth-order valence-corrected chi connectivity index (χ4v) is 34.9. The van der Waals surface area contributed by atoms with Crippen LogP contribution in [0.15, 0.2) is 0 Å². The van der Waals surface area contributed by atoms with Crippen molar-refractivity contribution in [1.82, 2.24) is 0 Å². The molecule has 0 radical (unpaired) electrons. The average molecular weight is 723 g/mol. The summed E-state index contributed by atoms with van der Waals surface area (Å²) >= 11 is 0. The minimum Gasteiger partial charge on any atom is -0.0619 e. The summed E-state index contributed by atoms with van der Waals surface area (Å²) in [5, 5.41) is 0. The first-order chi connectivity index (χ1) is 22.2. The van der Waals surface area contributed by atoms with Crippen LogP contribution in [-0.4, -0.2) is 97.6 Å². The van der Waals surface area contributed by atoms with Crippen LogP contribution in [0.25, 0.3) is 0 Å². The fourth-order valence-electron chi connectivity index (χ4n) is 11.0. The quantitative estimate of drug-likeness (QED) is 0.0592. The maximum Gasteiger partial charge on any atom is 0.109 e. The third kappa shape index (κ3) is 15.1. The highest BCUT2D eigenvalue weighted by molar-refractivity contribution is 7.81. The largest absolute Gasteiger partial charge is 0.109 e. The van der Waals surface area contributed by atoms with Crippen molar-refractivity contribution in [1.29, 1.82) is 0 Å². The van der Waals surface area contributed by atoms with Crippen molar-refractivity contribution in [2.75, 3.05) is 86.3 Å². The van der Waals surface area contributed by atoms with Crippen LogP contribution in [0.4, 0.5) is 0 Å². The molecule has 0 aromatic heterocycles. The van der Waals surface area contributed by atoms with Crippen LogP contribution in [-0.2, 0) is 0 Å². The van der Waals surface area contributed by atoms with E-state index < -0.39 is 29.0 Å². The first-order valence-electron chi connectivity index (χ1n) is 21.6. The summed E-state index contributed by atoms with van der Waals surface area (Å²) in [5.41, 5.74) is 2.17. The van der Waals surface area contributed by atoms with Gasteiger partial charge >= 0.3 is 0 Å². The molecule has 0 aliphatic heterocycles. The lowest BCUT2D eigenvalue weighted by Crippen LogP contribution is -2.39. The molecule has 4 heteroatoms. The predicted molar refractivity (Wildman–Crippen MR) is 236 cm³/mol. The standard InChI is InChI=1S/C42H94P4/c1-13-27-43(28-14-2,29-15-3)39-25-41(45(33-19-7,34-20-8)35-21-9)42(46(36-22-10,37-23-11)38-24-12)26-40-44(30-16-4,31-17-5)32-18-6/h41-42H,13-40H2,1-12H3/q+4. The van der Waals surface area contributed by atoms with E-state index in [0.29, 0.717) is 0 Å². The fraction of sp³-hybridized carbons (Fsp3) is 1.00. The molecule has 0 bridgehead atoms. The number of rotatable bonds is 33. The Morgan fingerprint density at radius 1 is 0.239 bits per heavy atom. The normalized spacial score (nSPS) is 14.6. The molecule has 0 aromatic rings. The maximum absolute atomic E-state index is 2.57. The second kappa shape index (κ2) is 27.4. The summed E-state index contributed by atoms with van der Waals surface area (Å²) in [5.74, 6) is 0. The minimum atomic E-state index is -1.04.